The third-order valence-electron chi connectivity index (χ3n) is 16.3. The van der Waals surface area contributed by atoms with Crippen molar-refractivity contribution in [1.82, 2.24) is 0 Å². The van der Waals surface area contributed by atoms with Gasteiger partial charge in [0.2, 0.25) is 0 Å². The fourth-order valence-corrected chi connectivity index (χ4v) is 15.1. The number of hydrogen-bond acceptors (Lipinski definition) is 22. The van der Waals surface area contributed by atoms with Crippen molar-refractivity contribution in [2.24, 2.45) is 0 Å². The molecule has 3 aliphatic heterocycles. The first-order valence-corrected chi connectivity index (χ1v) is 45.6. The van der Waals surface area contributed by atoms with Crippen LogP contribution in [0.1, 0.15) is 119 Å². The maximum absolute atomic E-state index is 13.2. The zero-order valence-electron chi connectivity index (χ0n) is 59.3. The molecule has 0 spiro atoms. The van der Waals surface area contributed by atoms with Gasteiger partial charge < -0.3 is 44.6 Å². The fourth-order valence-electron chi connectivity index (χ4n) is 10.9. The maximum atomic E-state index is 13.2. The van der Waals surface area contributed by atoms with Crippen LogP contribution in [0.2, 0.25) is 25.1 Å². The molecule has 36 heteroatoms. The number of ketones is 1. The first kappa shape index (κ1) is 96.0. The van der Waals surface area contributed by atoms with E-state index in [-0.39, 0.29) is 73.9 Å². The summed E-state index contributed by atoms with van der Waals surface area (Å²) in [5.74, 6) is -1.76. The molecular weight excluding hydrogens is 1950 g/mol. The number of ether oxygens (including phenoxy) is 7. The van der Waals surface area contributed by atoms with Gasteiger partial charge in [-0.3, -0.25) is 39.1 Å². The van der Waals surface area contributed by atoms with Gasteiger partial charge in [0, 0.05) is 91.4 Å². The Balaban J connectivity index is 0.000000226. The molecular formula is C80H67Br2Cl8N5O18S2Sn. The predicted molar refractivity (Wildman–Crippen MR) is 466 cm³/mol. The summed E-state index contributed by atoms with van der Waals surface area (Å²) in [4.78, 5) is 118. The third-order valence-corrected chi connectivity index (χ3v) is 21.8. The standard InChI is InChI=1S/C26H17Cl2NO5S.C17H15ClN2O4.C10H9ClO2.C9H4Cl2OS.C8H6BrNO4.C8H8BrNO2.2CH4.2ClH.Sn/c27-17-7-5-15(6-8-17)22-13-29(26(32)34-22)18-9-10-21(33-14-30)16(11-18)12-20(31)25-24(28)19-3-1-2-4-23(19)35-25;1-23-16(21)13-7-6-12(8-14(13)19)20-9-15(24-17(20)22)10-2-4-11(18)5-3-10;11-8-3-1-7(2-4-8)9-5-6-10(12)13-9;10-7-5-3-1-2-4-6(5)13-8(7)9(11)12;1-14-8(11)6-3-2-5(9)4-7(6)10(12)13;1-12-8(11)6-3-2-5(9)4-7(6)10;;;;;/h1-11,14,22H,12-13H2;2-8,15H,9,19H2,1H3;1-4,9H,5-6H2;1-4H;2-4H,1H3;2-4H,10H2,1H3;2*1H4;2*1H;/q;;;;;;;;;;+2/p-2/t22-;15-;9-;;;;;;;;/m000......../s1. The summed E-state index contributed by atoms with van der Waals surface area (Å²) < 4.78 is 38.0. The van der Waals surface area contributed by atoms with E-state index in [1.54, 1.807) is 78.9 Å². The Bertz CT molecular complexity index is 5370. The molecule has 2 amide bonds. The molecule has 2 aromatic heterocycles. The molecule has 3 fully saturated rings. The van der Waals surface area contributed by atoms with E-state index in [9.17, 15) is 53.3 Å². The second kappa shape index (κ2) is 46.4. The van der Waals surface area contributed by atoms with Crippen molar-refractivity contribution in [3.63, 3.8) is 0 Å². The molecule has 3 atom stereocenters. The minimum atomic E-state index is -0.826. The van der Waals surface area contributed by atoms with Gasteiger partial charge in [-0.2, -0.15) is 0 Å². The Hall–Kier alpha value is -8.79. The first-order valence-electron chi connectivity index (χ1n) is 32.8. The van der Waals surface area contributed by atoms with Crippen LogP contribution in [0.3, 0.4) is 0 Å². The van der Waals surface area contributed by atoms with E-state index in [0.717, 1.165) is 47.8 Å². The summed E-state index contributed by atoms with van der Waals surface area (Å²) >= 11 is 43.5. The normalized spacial score (nSPS) is 14.0. The van der Waals surface area contributed by atoms with E-state index in [4.69, 9.17) is 118 Å². The number of carbonyl (C=O) groups is 9. The van der Waals surface area contributed by atoms with Crippen molar-refractivity contribution in [3.05, 3.63) is 287 Å². The molecule has 3 saturated heterocycles. The van der Waals surface area contributed by atoms with E-state index in [1.165, 1.54) is 72.0 Å². The van der Waals surface area contributed by atoms with E-state index in [0.29, 0.717) is 87.0 Å². The molecule has 23 nitrogen and oxygen atoms in total. The molecule has 116 heavy (non-hydrogen) atoms. The number of hydrogen-bond donors (Lipinski definition) is 2. The number of nitrogens with zero attached hydrogens (tertiary/aromatic N) is 3. The number of benzene rings is 9. The van der Waals surface area contributed by atoms with Crippen molar-refractivity contribution in [2.45, 2.75) is 52.4 Å². The molecule has 14 rings (SSSR count). The van der Waals surface area contributed by atoms with E-state index in [1.807, 2.05) is 97.1 Å². The van der Waals surface area contributed by atoms with Gasteiger partial charge in [0.05, 0.1) is 65.4 Å². The summed E-state index contributed by atoms with van der Waals surface area (Å²) in [6, 6.07) is 55.4. The molecule has 11 aromatic rings. The molecule has 5 heterocycles. The molecule has 9 aromatic carbocycles. The first-order chi connectivity index (χ1) is 54.5. The Kier molecular flexibility index (Phi) is 38.4. The van der Waals surface area contributed by atoms with E-state index < -0.39 is 71.4 Å². The minimum absolute atomic E-state index is 0. The number of nitrogen functional groups attached to an aromatic ring is 2. The number of methoxy groups -OCH3 is 3. The van der Waals surface area contributed by atoms with Gasteiger partial charge in [0.1, 0.15) is 34.5 Å². The van der Waals surface area contributed by atoms with E-state index in [2.05, 4.69) is 46.1 Å². The Morgan fingerprint density at radius 1 is 0.560 bits per heavy atom. The molecule has 2 radical (unpaired) electrons. The number of esters is 4. The van der Waals surface area contributed by atoms with Crippen LogP contribution in [-0.2, 0) is 44.4 Å². The monoisotopic (exact) mass is 2010 g/mol. The fraction of sp³-hybridized carbons (Fsp3) is 0.163. The number of nitrogens with two attached hydrogens (primary N) is 2. The molecule has 0 aliphatic carbocycles. The molecule has 4 N–H and O–H groups in total. The van der Waals surface area contributed by atoms with Gasteiger partial charge in [0.25, 0.3) is 17.4 Å². The van der Waals surface area contributed by atoms with E-state index >= 15 is 0 Å². The molecule has 0 bridgehead atoms. The van der Waals surface area contributed by atoms with Crippen LogP contribution < -0.4 is 26.0 Å². The average Bonchev–Trinajstić information content (AvgIpc) is 1.65. The second-order valence-corrected chi connectivity index (χ2v) is 34.1. The van der Waals surface area contributed by atoms with Crippen LogP contribution in [0.25, 0.3) is 20.2 Å². The summed E-state index contributed by atoms with van der Waals surface area (Å²) in [5.41, 5.74) is 16.6. The van der Waals surface area contributed by atoms with Crippen LogP contribution in [0.4, 0.5) is 38.0 Å². The Morgan fingerprint density at radius 2 is 0.966 bits per heavy atom. The predicted octanol–water partition coefficient (Wildman–Crippen LogP) is 23.2. The summed E-state index contributed by atoms with van der Waals surface area (Å²) in [5, 5.41) is 14.5. The van der Waals surface area contributed by atoms with Crippen molar-refractivity contribution in [3.8, 4) is 5.75 Å². The molecule has 0 unspecified atom stereocenters. The number of rotatable bonds is 15. The van der Waals surface area contributed by atoms with Crippen LogP contribution in [-0.4, -0.2) is 112 Å². The third kappa shape index (κ3) is 26.1. The summed E-state index contributed by atoms with van der Waals surface area (Å²) in [7, 11) is 13.6. The number of nitro groups is 1. The average molecular weight is 2010 g/mol. The number of cyclic esters (lactones) is 3. The van der Waals surface area contributed by atoms with Crippen LogP contribution in [0, 0.1) is 10.1 Å². The number of fused-ring (bicyclic) bond motifs is 2. The van der Waals surface area contributed by atoms with Gasteiger partial charge in [-0.05, 0) is 150 Å². The summed E-state index contributed by atoms with van der Waals surface area (Å²) in [6.07, 6.45) is -0.672. The SMILES string of the molecule is C.C.COC(=O)c1ccc(Br)cc1N.COC(=O)c1ccc(Br)cc1[N+](=O)[O-].COC(=O)c1ccc(N2C[C@@H](c3ccc(Cl)cc3)OC2=O)cc1N.O=C(Cl)c1sc2ccccc2c1Cl.O=C1CC[C@@H](c2ccc(Cl)cc2)O1.O=COc1ccc(N2C[C@@H](c3ccc(Cl)cc3)OC2=O)cc1CC(=O)c1sc2ccccc2c1Cl.[Cl][Sn][Cl]. The van der Waals surface area contributed by atoms with Crippen molar-refractivity contribution in [2.75, 3.05) is 55.7 Å². The Labute approximate surface area is 738 Å². The van der Waals surface area contributed by atoms with Gasteiger partial charge in [-0.15, -0.1) is 22.7 Å². The number of carbonyl (C=O) groups excluding carboxylic acids is 9. The summed E-state index contributed by atoms with van der Waals surface area (Å²) in [6.45, 7) is 0.928. The van der Waals surface area contributed by atoms with Crippen molar-refractivity contribution < 1.29 is 81.2 Å². The molecule has 606 valence electrons. The van der Waals surface area contributed by atoms with Crippen LogP contribution >= 0.6 is 142 Å². The number of amides is 2. The van der Waals surface area contributed by atoms with Crippen molar-refractivity contribution in [1.29, 1.82) is 0 Å². The number of halogens is 10. The molecule has 3 aliphatic rings. The van der Waals surface area contributed by atoms with Crippen molar-refractivity contribution >= 4 is 263 Å². The number of Topliss-reactive ketones (excluding diaryl/α,β-unsaturated/α-hetero) is 1. The quantitative estimate of drug-likeness (QED) is 0.0111. The zero-order chi connectivity index (χ0) is 83.0. The second-order valence-electron chi connectivity index (χ2n) is 23.5. The van der Waals surface area contributed by atoms with Gasteiger partial charge >= 0.3 is 72.8 Å². The van der Waals surface area contributed by atoms with Gasteiger partial charge in [0.15, 0.2) is 5.78 Å². The number of anilines is 4. The zero-order valence-corrected chi connectivity index (χ0v) is 73.0. The van der Waals surface area contributed by atoms with Gasteiger partial charge in [-0.1, -0.05) is 178 Å². The number of thiophene rings is 2. The van der Waals surface area contributed by atoms with Crippen LogP contribution in [0.15, 0.2) is 203 Å². The Morgan fingerprint density at radius 3 is 1.39 bits per heavy atom. The van der Waals surface area contributed by atoms with Crippen LogP contribution in [0.5, 0.6) is 5.75 Å². The molecule has 0 saturated carbocycles. The topological polar surface area (TPSA) is 320 Å². The number of nitro benzene ring substituents is 1. The van der Waals surface area contributed by atoms with Gasteiger partial charge in [-0.25, -0.2) is 24.0 Å².